The average Bonchev–Trinajstić information content (AvgIpc) is 0.903. The van der Waals surface area contributed by atoms with E-state index in [-0.39, 0.29) is 25.7 Å². The van der Waals surface area contributed by atoms with E-state index in [1.807, 2.05) is 42.5 Å². The van der Waals surface area contributed by atoms with Crippen LogP contribution in [0.2, 0.25) is 0 Å². The van der Waals surface area contributed by atoms with Crippen LogP contribution in [-0.2, 0) is 65.4 Å². The van der Waals surface area contributed by atoms with E-state index < -0.39 is 97.5 Å². The fourth-order valence-corrected chi connectivity index (χ4v) is 11.7. The van der Waals surface area contributed by atoms with Crippen molar-refractivity contribution in [3.63, 3.8) is 0 Å². The highest BCUT2D eigenvalue weighted by Gasteiger charge is 2.30. The first-order valence-electron chi connectivity index (χ1n) is 41.0. The quantitative estimate of drug-likeness (QED) is 0.0169. The molecule has 0 aromatic heterocycles. The number of esters is 4. The Kier molecular flexibility index (Phi) is 75.0. The van der Waals surface area contributed by atoms with E-state index in [1.54, 1.807) is 0 Å². The topological polar surface area (TPSA) is 237 Å². The van der Waals surface area contributed by atoms with Gasteiger partial charge < -0.3 is 33.8 Å². The number of aliphatic hydroxyl groups excluding tert-OH is 1. The summed E-state index contributed by atoms with van der Waals surface area (Å²) >= 11 is 0. The van der Waals surface area contributed by atoms with Gasteiger partial charge in [0.25, 0.3) is 0 Å². The van der Waals surface area contributed by atoms with Crippen molar-refractivity contribution in [3.8, 4) is 0 Å². The lowest BCUT2D eigenvalue weighted by atomic mass is 10.1. The molecule has 17 nitrogen and oxygen atoms in total. The van der Waals surface area contributed by atoms with Crippen LogP contribution >= 0.6 is 15.6 Å². The monoisotopic (exact) mass is 1550 g/mol. The van der Waals surface area contributed by atoms with Gasteiger partial charge in [0.2, 0.25) is 0 Å². The van der Waals surface area contributed by atoms with Gasteiger partial charge in [0.05, 0.1) is 26.4 Å². The lowest BCUT2D eigenvalue weighted by Crippen LogP contribution is -2.30. The minimum atomic E-state index is -5.02. The number of carbonyl (C=O) groups excluding carboxylic acids is 4. The maximum atomic E-state index is 13.1. The van der Waals surface area contributed by atoms with Gasteiger partial charge in [-0.1, -0.05) is 287 Å². The first-order chi connectivity index (χ1) is 52.7. The highest BCUT2D eigenvalue weighted by molar-refractivity contribution is 7.47. The van der Waals surface area contributed by atoms with Crippen LogP contribution in [0.15, 0.2) is 182 Å². The zero-order chi connectivity index (χ0) is 78.9. The van der Waals surface area contributed by atoms with Gasteiger partial charge in [-0.25, -0.2) is 9.13 Å². The lowest BCUT2D eigenvalue weighted by Gasteiger charge is -2.21. The van der Waals surface area contributed by atoms with Crippen LogP contribution in [0.4, 0.5) is 0 Å². The van der Waals surface area contributed by atoms with Crippen LogP contribution in [0.3, 0.4) is 0 Å². The number of rotatable bonds is 75. The zero-order valence-corrected chi connectivity index (χ0v) is 68.7. The molecule has 0 bridgehead atoms. The van der Waals surface area contributed by atoms with Gasteiger partial charge in [0.1, 0.15) is 19.3 Å². The number of phosphoric acid groups is 2. The highest BCUT2D eigenvalue weighted by Crippen LogP contribution is 2.45. The molecular weight excluding hydrogens is 1400 g/mol. The number of aliphatic hydroxyl groups is 1. The first-order valence-corrected chi connectivity index (χ1v) is 44.0. The van der Waals surface area contributed by atoms with E-state index in [2.05, 4.69) is 167 Å². The Morgan fingerprint density at radius 1 is 0.269 bits per heavy atom. The summed E-state index contributed by atoms with van der Waals surface area (Å²) in [7, 11) is -10.0. The van der Waals surface area contributed by atoms with Crippen molar-refractivity contribution < 1.29 is 80.2 Å². The van der Waals surface area contributed by atoms with Gasteiger partial charge in [0, 0.05) is 25.7 Å². The molecule has 0 fully saturated rings. The summed E-state index contributed by atoms with van der Waals surface area (Å²) in [5.74, 6) is -2.43. The van der Waals surface area contributed by atoms with E-state index in [9.17, 15) is 43.2 Å². The smallest absolute Gasteiger partial charge is 0.462 e. The van der Waals surface area contributed by atoms with Crippen molar-refractivity contribution in [2.24, 2.45) is 0 Å². The van der Waals surface area contributed by atoms with Crippen LogP contribution in [-0.4, -0.2) is 96.7 Å². The van der Waals surface area contributed by atoms with Gasteiger partial charge in [-0.15, -0.1) is 0 Å². The minimum Gasteiger partial charge on any atom is -0.462 e. The Hall–Kier alpha value is -5.84. The molecule has 0 aliphatic rings. The molecule has 0 aliphatic carbocycles. The molecule has 0 saturated heterocycles. The molecule has 0 rings (SSSR count). The van der Waals surface area contributed by atoms with Crippen LogP contribution < -0.4 is 0 Å². The number of ether oxygens (including phenoxy) is 4. The van der Waals surface area contributed by atoms with Crippen LogP contribution in [0.25, 0.3) is 0 Å². The summed E-state index contributed by atoms with van der Waals surface area (Å²) in [5, 5.41) is 10.7. The largest absolute Gasteiger partial charge is 0.472 e. The van der Waals surface area contributed by atoms with Crippen molar-refractivity contribution in [2.75, 3.05) is 39.6 Å². The molecule has 108 heavy (non-hydrogen) atoms. The van der Waals surface area contributed by atoms with Gasteiger partial charge in [0.15, 0.2) is 12.2 Å². The second-order valence-electron chi connectivity index (χ2n) is 26.6. The van der Waals surface area contributed by atoms with Gasteiger partial charge in [-0.2, -0.15) is 0 Å². The molecule has 0 radical (unpaired) electrons. The molecule has 0 saturated carbocycles. The fraction of sp³-hybridized carbons (Fsp3) is 0.618. The van der Waals surface area contributed by atoms with Gasteiger partial charge in [-0.05, 0) is 167 Å². The third-order valence-electron chi connectivity index (χ3n) is 16.3. The number of phosphoric ester groups is 2. The summed E-state index contributed by atoms with van der Waals surface area (Å²) in [6.45, 7) is 4.46. The van der Waals surface area contributed by atoms with Gasteiger partial charge >= 0.3 is 39.5 Å². The summed E-state index contributed by atoms with van der Waals surface area (Å²) < 4.78 is 68.5. The van der Waals surface area contributed by atoms with E-state index >= 15 is 0 Å². The molecule has 0 heterocycles. The summed E-state index contributed by atoms with van der Waals surface area (Å²) in [4.78, 5) is 73.0. The highest BCUT2D eigenvalue weighted by atomic mass is 31.2. The van der Waals surface area contributed by atoms with E-state index in [0.717, 1.165) is 122 Å². The normalized spacial score (nSPS) is 14.8. The molecule has 0 aromatic carbocycles. The standard InChI is InChI=1S/C89H144O17P2/c1-5-9-13-17-21-25-29-33-37-40-41-44-46-50-54-58-62-66-70-74-87(92)100-80-85(106-89(94)76-72-68-64-60-56-52-48-43-39-35-31-27-23-19-15-11-7-3)82-104-108(97,98)102-78-83(90)77-101-107(95,96)103-81-84(79-99-86(91)73-69-65-61-57-53-49-45-36-32-28-24-20-16-12-8-4)105-88(93)75-71-67-63-59-55-51-47-42-38-34-30-26-22-18-14-10-6-2/h9,13,21-23,25-27,33-39,41,44-45,47-48,50-52,54,59-60,62-64,66,83-85,90H,5-8,10-12,14-20,24,28-32,40,42-43,46,49,53,55-58,61,65,67-82H2,1-4H3,(H,95,96)(H,97,98)/b13-9-,25-21-,26-22-,27-23-,37-33-,38-34-,39-35-,44-41-,45-36-,51-47-,52-48-,54-50-,63-59-,64-60-,66-62-/t83-,84+,85+/m0/s1. The van der Waals surface area contributed by atoms with Crippen molar-refractivity contribution >= 4 is 39.5 Å². The molecule has 612 valence electrons. The third kappa shape index (κ3) is 78.3. The zero-order valence-electron chi connectivity index (χ0n) is 66.9. The van der Waals surface area contributed by atoms with Crippen molar-refractivity contribution in [1.29, 1.82) is 0 Å². The lowest BCUT2D eigenvalue weighted by molar-refractivity contribution is -0.161. The average molecular weight is 1550 g/mol. The number of hydrogen-bond acceptors (Lipinski definition) is 15. The number of carbonyl (C=O) groups is 4. The minimum absolute atomic E-state index is 0.00553. The van der Waals surface area contributed by atoms with Crippen molar-refractivity contribution in [2.45, 2.75) is 316 Å². The number of hydrogen-bond donors (Lipinski definition) is 3. The Balaban J connectivity index is 5.57. The first kappa shape index (κ1) is 102. The maximum Gasteiger partial charge on any atom is 0.472 e. The van der Waals surface area contributed by atoms with E-state index in [0.29, 0.717) is 44.9 Å². The number of allylic oxidation sites excluding steroid dienone is 30. The van der Waals surface area contributed by atoms with Crippen LogP contribution in [0.1, 0.15) is 297 Å². The second kappa shape index (κ2) is 79.3. The summed E-state index contributed by atoms with van der Waals surface area (Å²) in [5.41, 5.74) is 0. The third-order valence-corrected chi connectivity index (χ3v) is 18.2. The molecule has 0 spiro atoms. The predicted octanol–water partition coefficient (Wildman–Crippen LogP) is 24.3. The van der Waals surface area contributed by atoms with E-state index in [4.69, 9.17) is 37.0 Å². The Morgan fingerprint density at radius 2 is 0.509 bits per heavy atom. The van der Waals surface area contributed by atoms with Gasteiger partial charge in [-0.3, -0.25) is 37.3 Å². The molecule has 0 amide bonds. The molecule has 0 aromatic rings. The molecular formula is C89H144O17P2. The second-order valence-corrected chi connectivity index (χ2v) is 29.5. The fourth-order valence-electron chi connectivity index (χ4n) is 10.1. The molecule has 5 atom stereocenters. The molecule has 19 heteroatoms. The molecule has 3 N–H and O–H groups in total. The van der Waals surface area contributed by atoms with E-state index in [1.165, 1.54) is 77.0 Å². The Bertz CT molecular complexity index is 2760. The summed E-state index contributed by atoms with van der Waals surface area (Å²) in [6, 6.07) is 0. The van der Waals surface area contributed by atoms with Crippen molar-refractivity contribution in [3.05, 3.63) is 182 Å². The maximum absolute atomic E-state index is 13.1. The molecule has 0 aliphatic heterocycles. The Morgan fingerprint density at radius 3 is 0.852 bits per heavy atom. The number of unbranched alkanes of at least 4 members (excludes halogenated alkanes) is 19. The molecule has 2 unspecified atom stereocenters. The summed E-state index contributed by atoms with van der Waals surface area (Å²) in [6.07, 6.45) is 96.1. The SMILES string of the molecule is CC/C=C\C/C=C\C/C=C\C/C=C\C/C=C\C/C=C\CCC(=O)OC[C@H](COP(=O)(O)OC[C@@H](O)COP(=O)(O)OC[C@@H](COC(=O)CCCCCCC/C=C\CCCCCCCC)OC(=O)CCC/C=C\C/C=C\C/C=C\C/C=C\CCCCC)OC(=O)CCC/C=C\C/C=C\C/C=C\C/C=C\CCCCC. The van der Waals surface area contributed by atoms with Crippen LogP contribution in [0.5, 0.6) is 0 Å². The van der Waals surface area contributed by atoms with Crippen molar-refractivity contribution in [1.82, 2.24) is 0 Å². The predicted molar refractivity (Wildman–Crippen MR) is 445 cm³/mol. The Labute approximate surface area is 654 Å². The van der Waals surface area contributed by atoms with Crippen LogP contribution in [0, 0.1) is 0 Å².